The monoisotopic (exact) mass is 324 g/mol. The summed E-state index contributed by atoms with van der Waals surface area (Å²) in [4.78, 5) is 12.8. The number of carbonyl (C=O) groups excluding carboxylic acids is 1. The summed E-state index contributed by atoms with van der Waals surface area (Å²) in [5.41, 5.74) is 1.17. The quantitative estimate of drug-likeness (QED) is 0.803. The van der Waals surface area contributed by atoms with E-state index in [0.29, 0.717) is 6.61 Å². The van der Waals surface area contributed by atoms with Crippen molar-refractivity contribution < 1.29 is 9.53 Å². The predicted molar refractivity (Wildman–Crippen MR) is 88.4 cm³/mol. The molecule has 1 saturated heterocycles. The predicted octanol–water partition coefficient (Wildman–Crippen LogP) is 1.94. The molecular weight excluding hydrogens is 304 g/mol. The average molecular weight is 325 g/mol. The van der Waals surface area contributed by atoms with Gasteiger partial charge in [0.1, 0.15) is 0 Å². The maximum atomic E-state index is 12.8. The summed E-state index contributed by atoms with van der Waals surface area (Å²) < 4.78 is 5.31. The van der Waals surface area contributed by atoms with Gasteiger partial charge < -0.3 is 15.4 Å². The number of ether oxygens (including phenoxy) is 1. The van der Waals surface area contributed by atoms with Gasteiger partial charge in [-0.25, -0.2) is 0 Å². The molecule has 1 aromatic carbocycles. The molecule has 0 bridgehead atoms. The van der Waals surface area contributed by atoms with E-state index in [-0.39, 0.29) is 18.3 Å². The second kappa shape index (κ2) is 7.09. The van der Waals surface area contributed by atoms with Crippen LogP contribution in [0.25, 0.3) is 10.9 Å². The fourth-order valence-corrected chi connectivity index (χ4v) is 2.95. The lowest BCUT2D eigenvalue weighted by Gasteiger charge is -2.35. The van der Waals surface area contributed by atoms with Gasteiger partial charge in [0.25, 0.3) is 0 Å². The molecule has 2 heterocycles. The highest BCUT2D eigenvalue weighted by atomic mass is 35.5. The van der Waals surface area contributed by atoms with Crippen LogP contribution in [0.1, 0.15) is 12.8 Å². The van der Waals surface area contributed by atoms with Crippen LogP contribution in [0, 0.1) is 5.41 Å². The summed E-state index contributed by atoms with van der Waals surface area (Å²) in [6, 6.07) is 5.77. The first kappa shape index (κ1) is 16.7. The number of benzene rings is 1. The minimum atomic E-state index is -0.456. The van der Waals surface area contributed by atoms with Gasteiger partial charge >= 0.3 is 0 Å². The third-order valence-corrected chi connectivity index (χ3v) is 4.19. The standard InChI is InChI=1S/C15H20N4O2.ClH/c1-21-10-15(5-7-16-8-6-15)14(20)18-12-4-2-3-11-9-17-19-13(11)12;/h2-4,9,16H,5-8,10H2,1H3,(H,17,19)(H,18,20);1H. The number of amides is 1. The number of nitrogens with one attached hydrogen (secondary N) is 3. The average Bonchev–Trinajstić information content (AvgIpc) is 2.98. The minimum absolute atomic E-state index is 0. The Hall–Kier alpha value is -1.63. The molecule has 0 radical (unpaired) electrons. The van der Waals surface area contributed by atoms with Crippen LogP contribution in [0.4, 0.5) is 5.69 Å². The van der Waals surface area contributed by atoms with Crippen molar-refractivity contribution in [2.24, 2.45) is 5.41 Å². The Morgan fingerprint density at radius 2 is 2.18 bits per heavy atom. The van der Waals surface area contributed by atoms with Crippen LogP contribution in [0.2, 0.25) is 0 Å². The van der Waals surface area contributed by atoms with E-state index in [2.05, 4.69) is 20.8 Å². The summed E-state index contributed by atoms with van der Waals surface area (Å²) in [7, 11) is 1.65. The summed E-state index contributed by atoms with van der Waals surface area (Å²) >= 11 is 0. The van der Waals surface area contributed by atoms with Crippen LogP contribution >= 0.6 is 12.4 Å². The van der Waals surface area contributed by atoms with Crippen molar-refractivity contribution in [1.29, 1.82) is 0 Å². The van der Waals surface area contributed by atoms with E-state index in [4.69, 9.17) is 4.74 Å². The van der Waals surface area contributed by atoms with E-state index in [9.17, 15) is 4.79 Å². The molecule has 22 heavy (non-hydrogen) atoms. The molecule has 0 unspecified atom stereocenters. The number of fused-ring (bicyclic) bond motifs is 1. The maximum Gasteiger partial charge on any atom is 0.233 e. The highest BCUT2D eigenvalue weighted by Crippen LogP contribution is 2.32. The molecule has 120 valence electrons. The Labute approximate surface area is 135 Å². The fraction of sp³-hybridized carbons (Fsp3) is 0.467. The fourth-order valence-electron chi connectivity index (χ4n) is 2.95. The number of carbonyl (C=O) groups is 1. The van der Waals surface area contributed by atoms with Crippen molar-refractivity contribution in [3.63, 3.8) is 0 Å². The van der Waals surface area contributed by atoms with Crippen LogP contribution in [0.5, 0.6) is 0 Å². The SMILES string of the molecule is COCC1(C(=O)Nc2cccc3cn[nH]c23)CCNCC1.Cl. The van der Waals surface area contributed by atoms with E-state index in [0.717, 1.165) is 42.5 Å². The lowest BCUT2D eigenvalue weighted by atomic mass is 9.78. The first-order chi connectivity index (χ1) is 10.2. The molecule has 0 spiro atoms. The first-order valence-electron chi connectivity index (χ1n) is 7.18. The lowest BCUT2D eigenvalue weighted by Crippen LogP contribution is -2.47. The number of nitrogens with zero attached hydrogens (tertiary/aromatic N) is 1. The van der Waals surface area contributed by atoms with Crippen LogP contribution in [0.15, 0.2) is 24.4 Å². The van der Waals surface area contributed by atoms with Crippen molar-refractivity contribution in [2.75, 3.05) is 32.1 Å². The number of piperidine rings is 1. The molecule has 2 aromatic rings. The van der Waals surface area contributed by atoms with Crippen molar-refractivity contribution >= 4 is 34.9 Å². The van der Waals surface area contributed by atoms with Crippen molar-refractivity contribution in [2.45, 2.75) is 12.8 Å². The van der Waals surface area contributed by atoms with E-state index in [1.807, 2.05) is 18.2 Å². The highest BCUT2D eigenvalue weighted by Gasteiger charge is 2.39. The second-order valence-corrected chi connectivity index (χ2v) is 5.56. The zero-order valence-corrected chi connectivity index (χ0v) is 13.3. The van der Waals surface area contributed by atoms with E-state index in [1.54, 1.807) is 13.3 Å². The Balaban J connectivity index is 0.00000176. The summed E-state index contributed by atoms with van der Waals surface area (Å²) in [5, 5.41) is 14.3. The first-order valence-corrected chi connectivity index (χ1v) is 7.18. The molecule has 1 amide bonds. The molecule has 1 aromatic heterocycles. The number of para-hydroxylation sites is 1. The van der Waals surface area contributed by atoms with Gasteiger partial charge in [0.15, 0.2) is 0 Å². The van der Waals surface area contributed by atoms with Crippen LogP contribution in [0.3, 0.4) is 0 Å². The Morgan fingerprint density at radius 3 is 2.91 bits per heavy atom. The van der Waals surface area contributed by atoms with E-state index < -0.39 is 5.41 Å². The van der Waals surface area contributed by atoms with E-state index >= 15 is 0 Å². The number of H-pyrrole nitrogens is 1. The van der Waals surface area contributed by atoms with Crippen molar-refractivity contribution in [3.05, 3.63) is 24.4 Å². The largest absolute Gasteiger partial charge is 0.384 e. The smallest absolute Gasteiger partial charge is 0.233 e. The number of aromatic amines is 1. The lowest BCUT2D eigenvalue weighted by molar-refractivity contribution is -0.130. The molecule has 0 aliphatic carbocycles. The molecular formula is C15H21ClN4O2. The maximum absolute atomic E-state index is 12.8. The zero-order chi connectivity index (χ0) is 14.7. The van der Waals surface area contributed by atoms with Gasteiger partial charge in [-0.15, -0.1) is 12.4 Å². The van der Waals surface area contributed by atoms with Gasteiger partial charge in [-0.2, -0.15) is 5.10 Å². The van der Waals surface area contributed by atoms with Crippen LogP contribution in [-0.4, -0.2) is 42.9 Å². The molecule has 1 aliphatic heterocycles. The number of rotatable bonds is 4. The summed E-state index contributed by atoms with van der Waals surface area (Å²) in [6.45, 7) is 2.12. The van der Waals surface area contributed by atoms with Gasteiger partial charge in [-0.05, 0) is 32.0 Å². The van der Waals surface area contributed by atoms with Gasteiger partial charge in [-0.3, -0.25) is 9.89 Å². The van der Waals surface area contributed by atoms with Gasteiger partial charge in [0.05, 0.1) is 29.4 Å². The topological polar surface area (TPSA) is 79.0 Å². The molecule has 1 fully saturated rings. The van der Waals surface area contributed by atoms with Gasteiger partial charge in [0, 0.05) is 12.5 Å². The summed E-state index contributed by atoms with van der Waals surface area (Å²) in [6.07, 6.45) is 3.32. The minimum Gasteiger partial charge on any atom is -0.384 e. The summed E-state index contributed by atoms with van der Waals surface area (Å²) in [5.74, 6) is 0.0213. The van der Waals surface area contributed by atoms with Crippen LogP contribution < -0.4 is 10.6 Å². The Bertz CT molecular complexity index is 632. The molecule has 3 N–H and O–H groups in total. The molecule has 6 nitrogen and oxygen atoms in total. The third kappa shape index (κ3) is 3.09. The normalized spacial score (nSPS) is 17.0. The van der Waals surface area contributed by atoms with Gasteiger partial charge in [-0.1, -0.05) is 12.1 Å². The van der Waals surface area contributed by atoms with Crippen LogP contribution in [-0.2, 0) is 9.53 Å². The number of anilines is 1. The molecule has 7 heteroatoms. The molecule has 3 rings (SSSR count). The second-order valence-electron chi connectivity index (χ2n) is 5.56. The number of halogens is 1. The van der Waals surface area contributed by atoms with Crippen molar-refractivity contribution in [1.82, 2.24) is 15.5 Å². The Kier molecular flexibility index (Phi) is 5.39. The zero-order valence-electron chi connectivity index (χ0n) is 12.5. The number of hydrogen-bond acceptors (Lipinski definition) is 4. The van der Waals surface area contributed by atoms with Gasteiger partial charge in [0.2, 0.25) is 5.91 Å². The van der Waals surface area contributed by atoms with E-state index in [1.165, 1.54) is 0 Å². The van der Waals surface area contributed by atoms with Crippen molar-refractivity contribution in [3.8, 4) is 0 Å². The third-order valence-electron chi connectivity index (χ3n) is 4.19. The molecule has 0 atom stereocenters. The number of aromatic nitrogens is 2. The Morgan fingerprint density at radius 1 is 1.41 bits per heavy atom. The number of methoxy groups -OCH3 is 1. The highest BCUT2D eigenvalue weighted by molar-refractivity contribution is 6.02. The molecule has 1 aliphatic rings. The number of hydrogen-bond donors (Lipinski definition) is 3. The molecule has 0 saturated carbocycles.